The first-order valence-corrected chi connectivity index (χ1v) is 7.87. The molecule has 1 unspecified atom stereocenters. The van der Waals surface area contributed by atoms with Crippen molar-refractivity contribution in [2.24, 2.45) is 0 Å². The van der Waals surface area contributed by atoms with Gasteiger partial charge in [-0.25, -0.2) is 4.98 Å². The van der Waals surface area contributed by atoms with Gasteiger partial charge in [0.15, 0.2) is 0 Å². The van der Waals surface area contributed by atoms with Gasteiger partial charge in [-0.3, -0.25) is 0 Å². The molecule has 116 valence electrons. The lowest BCUT2D eigenvalue weighted by molar-refractivity contribution is 0.120. The lowest BCUT2D eigenvalue weighted by Gasteiger charge is -2.12. The highest BCUT2D eigenvalue weighted by atomic mass is 35.5. The van der Waals surface area contributed by atoms with E-state index >= 15 is 0 Å². The first-order chi connectivity index (χ1) is 10.7. The Bertz CT molecular complexity index is 647. The predicted octanol–water partition coefficient (Wildman–Crippen LogP) is 4.12. The van der Waals surface area contributed by atoms with Crippen LogP contribution in [0.2, 0.25) is 10.0 Å². The van der Waals surface area contributed by atoms with Gasteiger partial charge in [0.05, 0.1) is 16.8 Å². The van der Waals surface area contributed by atoms with E-state index in [1.54, 1.807) is 30.5 Å². The number of hydrogen-bond acceptors (Lipinski definition) is 5. The molecule has 1 saturated heterocycles. The molecule has 3 rings (SSSR count). The minimum atomic E-state index is 0.239. The van der Waals surface area contributed by atoms with Crippen LogP contribution in [0.4, 0.5) is 17.5 Å². The van der Waals surface area contributed by atoms with Gasteiger partial charge in [0.1, 0.15) is 5.82 Å². The van der Waals surface area contributed by atoms with E-state index in [4.69, 9.17) is 27.9 Å². The number of aromatic nitrogens is 2. The highest BCUT2D eigenvalue weighted by Crippen LogP contribution is 2.27. The minimum Gasteiger partial charge on any atom is -0.376 e. The van der Waals surface area contributed by atoms with E-state index in [0.717, 1.165) is 19.4 Å². The minimum absolute atomic E-state index is 0.239. The zero-order chi connectivity index (χ0) is 15.4. The van der Waals surface area contributed by atoms with Crippen molar-refractivity contribution >= 4 is 40.7 Å². The van der Waals surface area contributed by atoms with E-state index < -0.39 is 0 Å². The van der Waals surface area contributed by atoms with Gasteiger partial charge in [0.25, 0.3) is 0 Å². The molecular formula is C15H16Cl2N4O. The van der Waals surface area contributed by atoms with Gasteiger partial charge in [-0.2, -0.15) is 4.98 Å². The Hall–Kier alpha value is -1.56. The molecule has 0 aliphatic carbocycles. The van der Waals surface area contributed by atoms with Gasteiger partial charge in [-0.1, -0.05) is 23.2 Å². The number of anilines is 3. The first kappa shape index (κ1) is 15.3. The lowest BCUT2D eigenvalue weighted by atomic mass is 10.2. The van der Waals surface area contributed by atoms with E-state index in [0.29, 0.717) is 34.0 Å². The first-order valence-electron chi connectivity index (χ1n) is 7.11. The average Bonchev–Trinajstić information content (AvgIpc) is 3.03. The molecule has 2 aromatic rings. The Morgan fingerprint density at radius 2 is 2.18 bits per heavy atom. The summed E-state index contributed by atoms with van der Waals surface area (Å²) in [6, 6.07) is 7.01. The summed E-state index contributed by atoms with van der Waals surface area (Å²) in [5.74, 6) is 1.20. The van der Waals surface area contributed by atoms with E-state index in [9.17, 15) is 0 Å². The molecule has 7 heteroatoms. The summed E-state index contributed by atoms with van der Waals surface area (Å²) in [6.07, 6.45) is 4.11. The van der Waals surface area contributed by atoms with Crippen molar-refractivity contribution in [3.8, 4) is 0 Å². The van der Waals surface area contributed by atoms with E-state index in [1.165, 1.54) is 0 Å². The monoisotopic (exact) mass is 338 g/mol. The Labute approximate surface area is 139 Å². The number of benzene rings is 1. The summed E-state index contributed by atoms with van der Waals surface area (Å²) in [6.45, 7) is 1.55. The summed E-state index contributed by atoms with van der Waals surface area (Å²) in [7, 11) is 0. The van der Waals surface area contributed by atoms with Gasteiger partial charge in [0.2, 0.25) is 5.95 Å². The number of nitrogens with one attached hydrogen (secondary N) is 2. The second-order valence-electron chi connectivity index (χ2n) is 5.03. The van der Waals surface area contributed by atoms with E-state index in [1.807, 2.05) is 0 Å². The predicted molar refractivity (Wildman–Crippen MR) is 89.2 cm³/mol. The van der Waals surface area contributed by atoms with Crippen LogP contribution in [0.1, 0.15) is 12.8 Å². The SMILES string of the molecule is Clc1ccc(Cl)c(Nc2ccnc(NCC3CCCO3)n2)c1. The molecular weight excluding hydrogens is 323 g/mol. The summed E-state index contributed by atoms with van der Waals surface area (Å²) in [5.41, 5.74) is 0.706. The largest absolute Gasteiger partial charge is 0.376 e. The summed E-state index contributed by atoms with van der Waals surface area (Å²) in [5, 5.41) is 7.52. The van der Waals surface area contributed by atoms with Crippen LogP contribution < -0.4 is 10.6 Å². The van der Waals surface area contributed by atoms with Crippen LogP contribution in [0.15, 0.2) is 30.5 Å². The van der Waals surface area contributed by atoms with Crippen LogP contribution in [-0.2, 0) is 4.74 Å². The third-order valence-corrected chi connectivity index (χ3v) is 3.92. The molecule has 0 saturated carbocycles. The maximum atomic E-state index is 6.14. The summed E-state index contributed by atoms with van der Waals surface area (Å²) >= 11 is 12.1. The quantitative estimate of drug-likeness (QED) is 0.858. The number of hydrogen-bond donors (Lipinski definition) is 2. The number of ether oxygens (including phenoxy) is 1. The molecule has 2 heterocycles. The standard InChI is InChI=1S/C15H16Cl2N4O/c16-10-3-4-12(17)13(8-10)20-14-5-6-18-15(21-14)19-9-11-2-1-7-22-11/h3-6,8,11H,1-2,7,9H2,(H2,18,19,20,21). The van der Waals surface area contributed by atoms with E-state index in [-0.39, 0.29) is 6.10 Å². The maximum absolute atomic E-state index is 6.14. The van der Waals surface area contributed by atoms with E-state index in [2.05, 4.69) is 20.6 Å². The van der Waals surface area contributed by atoms with Crippen LogP contribution in [0.25, 0.3) is 0 Å². The zero-order valence-electron chi connectivity index (χ0n) is 11.9. The van der Waals surface area contributed by atoms with Crippen molar-refractivity contribution in [3.05, 3.63) is 40.5 Å². The fraction of sp³-hybridized carbons (Fsp3) is 0.333. The second kappa shape index (κ2) is 7.13. The molecule has 1 aromatic carbocycles. The van der Waals surface area contributed by atoms with Crippen molar-refractivity contribution in [2.45, 2.75) is 18.9 Å². The van der Waals surface area contributed by atoms with Crippen LogP contribution in [0, 0.1) is 0 Å². The van der Waals surface area contributed by atoms with Gasteiger partial charge in [-0.05, 0) is 37.1 Å². The van der Waals surface area contributed by atoms with Crippen LogP contribution in [0.3, 0.4) is 0 Å². The third-order valence-electron chi connectivity index (χ3n) is 3.36. The molecule has 1 aromatic heterocycles. The molecule has 2 N–H and O–H groups in total. The molecule has 1 aliphatic heterocycles. The van der Waals surface area contributed by atoms with Gasteiger partial charge in [-0.15, -0.1) is 0 Å². The summed E-state index contributed by atoms with van der Waals surface area (Å²) < 4.78 is 5.56. The number of rotatable bonds is 5. The molecule has 1 atom stereocenters. The smallest absolute Gasteiger partial charge is 0.224 e. The Kier molecular flexibility index (Phi) is 4.97. The Balaban J connectivity index is 1.66. The van der Waals surface area contributed by atoms with Crippen molar-refractivity contribution in [3.63, 3.8) is 0 Å². The Morgan fingerprint density at radius 1 is 1.27 bits per heavy atom. The van der Waals surface area contributed by atoms with Gasteiger partial charge < -0.3 is 15.4 Å². The molecule has 0 radical (unpaired) electrons. The fourth-order valence-electron chi connectivity index (χ4n) is 2.26. The maximum Gasteiger partial charge on any atom is 0.224 e. The molecule has 5 nitrogen and oxygen atoms in total. The van der Waals surface area contributed by atoms with Crippen molar-refractivity contribution < 1.29 is 4.74 Å². The fourth-order valence-corrected chi connectivity index (χ4v) is 2.59. The zero-order valence-corrected chi connectivity index (χ0v) is 13.4. The highest BCUT2D eigenvalue weighted by Gasteiger charge is 2.15. The van der Waals surface area contributed by atoms with Crippen molar-refractivity contribution in [1.29, 1.82) is 0 Å². The Morgan fingerprint density at radius 3 is 3.00 bits per heavy atom. The highest BCUT2D eigenvalue weighted by molar-refractivity contribution is 6.35. The van der Waals surface area contributed by atoms with Crippen LogP contribution in [0.5, 0.6) is 0 Å². The third kappa shape index (κ3) is 4.00. The lowest BCUT2D eigenvalue weighted by Crippen LogP contribution is -2.19. The van der Waals surface area contributed by atoms with Crippen molar-refractivity contribution in [1.82, 2.24) is 9.97 Å². The molecule has 22 heavy (non-hydrogen) atoms. The van der Waals surface area contributed by atoms with Crippen LogP contribution in [-0.4, -0.2) is 29.2 Å². The number of nitrogens with zero attached hydrogens (tertiary/aromatic N) is 2. The van der Waals surface area contributed by atoms with Gasteiger partial charge >= 0.3 is 0 Å². The topological polar surface area (TPSA) is 59.1 Å². The summed E-state index contributed by atoms with van der Waals surface area (Å²) in [4.78, 5) is 8.61. The second-order valence-corrected chi connectivity index (χ2v) is 5.87. The molecule has 1 aliphatic rings. The number of halogens is 2. The van der Waals surface area contributed by atoms with Crippen molar-refractivity contribution in [2.75, 3.05) is 23.8 Å². The molecule has 0 bridgehead atoms. The van der Waals surface area contributed by atoms with Gasteiger partial charge in [0, 0.05) is 24.4 Å². The normalized spacial score (nSPS) is 17.5. The molecule has 0 amide bonds. The molecule has 0 spiro atoms. The average molecular weight is 339 g/mol. The molecule has 1 fully saturated rings. The van der Waals surface area contributed by atoms with Crippen LogP contribution >= 0.6 is 23.2 Å².